The Labute approximate surface area is 170 Å². The zero-order valence-electron chi connectivity index (χ0n) is 16.7. The van der Waals surface area contributed by atoms with Crippen molar-refractivity contribution >= 4 is 22.4 Å². The molecule has 5 heteroatoms. The molecule has 0 unspecified atom stereocenters. The van der Waals surface area contributed by atoms with E-state index in [1.54, 1.807) is 12.1 Å². The Kier molecular flexibility index (Phi) is 6.47. The number of carbonyl (C=O) groups is 1. The second-order valence-electron chi connectivity index (χ2n) is 7.35. The Balaban J connectivity index is 1.60. The van der Waals surface area contributed by atoms with Crippen LogP contribution < -0.4 is 10.1 Å². The average Bonchev–Trinajstić information content (AvgIpc) is 3.09. The quantitative estimate of drug-likeness (QED) is 0.543. The van der Waals surface area contributed by atoms with Crippen LogP contribution >= 0.6 is 11.3 Å². The van der Waals surface area contributed by atoms with Gasteiger partial charge in [0, 0.05) is 23.1 Å². The highest BCUT2D eigenvalue weighted by molar-refractivity contribution is 7.15. The molecule has 4 nitrogen and oxygen atoms in total. The van der Waals surface area contributed by atoms with Gasteiger partial charge in [-0.25, -0.2) is 4.98 Å². The molecule has 1 amide bonds. The molecule has 0 bridgehead atoms. The topological polar surface area (TPSA) is 51.2 Å². The molecule has 0 aliphatic carbocycles. The molecular weight excluding hydrogens is 368 g/mol. The first-order chi connectivity index (χ1) is 13.4. The number of amides is 1. The van der Waals surface area contributed by atoms with E-state index in [9.17, 15) is 4.79 Å². The summed E-state index contributed by atoms with van der Waals surface area (Å²) in [5.41, 5.74) is 3.16. The largest absolute Gasteiger partial charge is 0.491 e. The smallest absolute Gasteiger partial charge is 0.257 e. The standard InChI is InChI=1S/C23H26N2O2S/c1-15(2)18-7-5-17(6-8-18)13-21-14-24-23(28-21)25-22(26)19-9-11-20(12-10-19)27-16(3)4/h5-12,14-16H,13H2,1-4H3,(H,24,25,26). The fourth-order valence-corrected chi connectivity index (χ4v) is 3.64. The van der Waals surface area contributed by atoms with Crippen molar-refractivity contribution in [3.05, 3.63) is 76.3 Å². The first kappa shape index (κ1) is 20.1. The van der Waals surface area contributed by atoms with Gasteiger partial charge >= 0.3 is 0 Å². The minimum Gasteiger partial charge on any atom is -0.491 e. The maximum absolute atomic E-state index is 12.4. The Morgan fingerprint density at radius 2 is 1.71 bits per heavy atom. The van der Waals surface area contributed by atoms with Crippen LogP contribution in [0.1, 0.15) is 60.0 Å². The third kappa shape index (κ3) is 5.42. The summed E-state index contributed by atoms with van der Waals surface area (Å²) in [6, 6.07) is 15.8. The van der Waals surface area contributed by atoms with Crippen molar-refractivity contribution in [1.82, 2.24) is 4.98 Å². The molecule has 28 heavy (non-hydrogen) atoms. The summed E-state index contributed by atoms with van der Waals surface area (Å²) in [6.07, 6.45) is 2.75. The zero-order chi connectivity index (χ0) is 20.1. The van der Waals surface area contributed by atoms with E-state index < -0.39 is 0 Å². The summed E-state index contributed by atoms with van der Waals surface area (Å²) in [5.74, 6) is 1.12. The molecule has 1 aromatic heterocycles. The fraction of sp³-hybridized carbons (Fsp3) is 0.304. The first-order valence-electron chi connectivity index (χ1n) is 9.52. The van der Waals surface area contributed by atoms with Gasteiger partial charge in [0.1, 0.15) is 5.75 Å². The Morgan fingerprint density at radius 3 is 2.32 bits per heavy atom. The third-order valence-electron chi connectivity index (χ3n) is 4.29. The number of benzene rings is 2. The number of thiazole rings is 1. The van der Waals surface area contributed by atoms with Crippen molar-refractivity contribution in [2.45, 2.75) is 46.1 Å². The third-order valence-corrected chi connectivity index (χ3v) is 5.20. The number of carbonyl (C=O) groups excluding carboxylic acids is 1. The molecule has 0 atom stereocenters. The van der Waals surface area contributed by atoms with Gasteiger partial charge in [-0.2, -0.15) is 0 Å². The monoisotopic (exact) mass is 394 g/mol. The molecule has 0 aliphatic heterocycles. The predicted octanol–water partition coefficient (Wildman–Crippen LogP) is 5.90. The van der Waals surface area contributed by atoms with Crippen LogP contribution in [0, 0.1) is 0 Å². The summed E-state index contributed by atoms with van der Waals surface area (Å²) in [7, 11) is 0. The molecule has 1 heterocycles. The van der Waals surface area contributed by atoms with E-state index >= 15 is 0 Å². The van der Waals surface area contributed by atoms with E-state index in [1.165, 1.54) is 22.5 Å². The van der Waals surface area contributed by atoms with E-state index in [1.807, 2.05) is 32.2 Å². The van der Waals surface area contributed by atoms with E-state index in [4.69, 9.17) is 4.74 Å². The molecule has 146 valence electrons. The van der Waals surface area contributed by atoms with Crippen LogP contribution in [0.15, 0.2) is 54.7 Å². The van der Waals surface area contributed by atoms with Crippen molar-refractivity contribution < 1.29 is 9.53 Å². The van der Waals surface area contributed by atoms with Crippen molar-refractivity contribution in [3.63, 3.8) is 0 Å². The lowest BCUT2D eigenvalue weighted by atomic mass is 10.0. The minimum atomic E-state index is -0.168. The lowest BCUT2D eigenvalue weighted by Gasteiger charge is -2.09. The maximum atomic E-state index is 12.4. The molecule has 1 N–H and O–H groups in total. The number of ether oxygens (including phenoxy) is 1. The van der Waals surface area contributed by atoms with Gasteiger partial charge in [-0.3, -0.25) is 10.1 Å². The van der Waals surface area contributed by atoms with E-state index in [0.717, 1.165) is 17.0 Å². The Morgan fingerprint density at radius 1 is 1.04 bits per heavy atom. The van der Waals surface area contributed by atoms with Crippen molar-refractivity contribution in [3.8, 4) is 5.75 Å². The molecule has 3 rings (SSSR count). The first-order valence-corrected chi connectivity index (χ1v) is 10.3. The van der Waals surface area contributed by atoms with Gasteiger partial charge < -0.3 is 4.74 Å². The van der Waals surface area contributed by atoms with Gasteiger partial charge in [0.15, 0.2) is 5.13 Å². The number of rotatable bonds is 7. The van der Waals surface area contributed by atoms with Crippen LogP contribution in [-0.2, 0) is 6.42 Å². The van der Waals surface area contributed by atoms with Gasteiger partial charge in [0.25, 0.3) is 5.91 Å². The summed E-state index contributed by atoms with van der Waals surface area (Å²) in [5, 5.41) is 3.49. The molecule has 0 saturated carbocycles. The summed E-state index contributed by atoms with van der Waals surface area (Å²) in [4.78, 5) is 17.9. The highest BCUT2D eigenvalue weighted by atomic mass is 32.1. The van der Waals surface area contributed by atoms with E-state index in [2.05, 4.69) is 48.4 Å². The van der Waals surface area contributed by atoms with Gasteiger partial charge in [0.2, 0.25) is 0 Å². The molecule has 0 spiro atoms. The van der Waals surface area contributed by atoms with Gasteiger partial charge in [-0.05, 0) is 55.2 Å². The van der Waals surface area contributed by atoms with Crippen LogP contribution in [0.5, 0.6) is 5.75 Å². The lowest BCUT2D eigenvalue weighted by Crippen LogP contribution is -2.11. The summed E-state index contributed by atoms with van der Waals surface area (Å²) >= 11 is 1.51. The number of anilines is 1. The number of aromatic nitrogens is 1. The highest BCUT2D eigenvalue weighted by Crippen LogP contribution is 2.23. The zero-order valence-corrected chi connectivity index (χ0v) is 17.5. The van der Waals surface area contributed by atoms with Crippen molar-refractivity contribution in [2.75, 3.05) is 5.32 Å². The van der Waals surface area contributed by atoms with Crippen LogP contribution in [0.2, 0.25) is 0 Å². The Hall–Kier alpha value is -2.66. The van der Waals surface area contributed by atoms with Crippen molar-refractivity contribution in [1.29, 1.82) is 0 Å². The number of nitrogens with zero attached hydrogens (tertiary/aromatic N) is 1. The van der Waals surface area contributed by atoms with E-state index in [-0.39, 0.29) is 12.0 Å². The van der Waals surface area contributed by atoms with Gasteiger partial charge in [-0.1, -0.05) is 38.1 Å². The van der Waals surface area contributed by atoms with Gasteiger partial charge in [0.05, 0.1) is 6.10 Å². The second-order valence-corrected chi connectivity index (χ2v) is 8.47. The molecule has 2 aromatic carbocycles. The van der Waals surface area contributed by atoms with Gasteiger partial charge in [-0.15, -0.1) is 11.3 Å². The molecule has 0 aliphatic rings. The van der Waals surface area contributed by atoms with Crippen molar-refractivity contribution in [2.24, 2.45) is 0 Å². The number of nitrogens with one attached hydrogen (secondary N) is 1. The second kappa shape index (κ2) is 9.02. The van der Waals surface area contributed by atoms with Crippen LogP contribution in [0.4, 0.5) is 5.13 Å². The molecule has 0 radical (unpaired) electrons. The summed E-state index contributed by atoms with van der Waals surface area (Å²) < 4.78 is 5.61. The van der Waals surface area contributed by atoms with Crippen LogP contribution in [0.25, 0.3) is 0 Å². The number of hydrogen-bond donors (Lipinski definition) is 1. The molecular formula is C23H26N2O2S. The summed E-state index contributed by atoms with van der Waals surface area (Å²) in [6.45, 7) is 8.33. The lowest BCUT2D eigenvalue weighted by molar-refractivity contribution is 0.102. The molecule has 3 aromatic rings. The highest BCUT2D eigenvalue weighted by Gasteiger charge is 2.10. The predicted molar refractivity (Wildman–Crippen MR) is 116 cm³/mol. The van der Waals surface area contributed by atoms with Crippen LogP contribution in [0.3, 0.4) is 0 Å². The van der Waals surface area contributed by atoms with Crippen LogP contribution in [-0.4, -0.2) is 17.0 Å². The molecule has 0 fully saturated rings. The minimum absolute atomic E-state index is 0.106. The number of hydrogen-bond acceptors (Lipinski definition) is 4. The fourth-order valence-electron chi connectivity index (χ4n) is 2.79. The Bertz CT molecular complexity index is 913. The van der Waals surface area contributed by atoms with E-state index in [0.29, 0.717) is 16.6 Å². The average molecular weight is 395 g/mol. The normalized spacial score (nSPS) is 11.1. The molecule has 0 saturated heterocycles. The maximum Gasteiger partial charge on any atom is 0.257 e. The SMILES string of the molecule is CC(C)Oc1ccc(C(=O)Nc2ncc(Cc3ccc(C(C)C)cc3)s2)cc1.